The molecule has 1 aliphatic heterocycles. The number of amides is 3. The van der Waals surface area contributed by atoms with Crippen molar-refractivity contribution in [3.63, 3.8) is 0 Å². The fourth-order valence-electron chi connectivity index (χ4n) is 4.26. The van der Waals surface area contributed by atoms with Crippen molar-refractivity contribution in [1.29, 1.82) is 0 Å². The highest BCUT2D eigenvalue weighted by Gasteiger charge is 2.34. The van der Waals surface area contributed by atoms with Crippen LogP contribution < -0.4 is 21.3 Å². The molecule has 0 unspecified atom stereocenters. The van der Waals surface area contributed by atoms with Crippen LogP contribution in [-0.4, -0.2) is 63.3 Å². The van der Waals surface area contributed by atoms with Crippen LogP contribution in [0.1, 0.15) is 29.7 Å². The molecule has 0 spiro atoms. The Morgan fingerprint density at radius 2 is 1.90 bits per heavy atom. The molecule has 1 aromatic carbocycles. The number of piperidine rings is 1. The summed E-state index contributed by atoms with van der Waals surface area (Å²) in [7, 11) is 1.69. The second-order valence-electron chi connectivity index (χ2n) is 8.90. The third kappa shape index (κ3) is 7.32. The van der Waals surface area contributed by atoms with Crippen LogP contribution in [0.4, 0.5) is 39.5 Å². The monoisotopic (exact) mass is 564 g/mol. The predicted molar refractivity (Wildman–Crippen MR) is 141 cm³/mol. The van der Waals surface area contributed by atoms with Gasteiger partial charge in [-0.3, -0.25) is 10.2 Å². The minimum absolute atomic E-state index is 0.0177. The van der Waals surface area contributed by atoms with Crippen molar-refractivity contribution in [1.82, 2.24) is 25.2 Å². The number of benzene rings is 1. The largest absolute Gasteiger partial charge is 0.465 e. The third-order valence-corrected chi connectivity index (χ3v) is 7.21. The van der Waals surface area contributed by atoms with Crippen molar-refractivity contribution in [2.45, 2.75) is 38.5 Å². The van der Waals surface area contributed by atoms with Crippen LogP contribution in [0.5, 0.6) is 0 Å². The number of hydrogen-bond acceptors (Lipinski definition) is 8. The standard InChI is InChI=1S/C24H27F3N8O3S/c1-13-19(18-5-8-29-20(28-2)33-18)39-22(30-13)34-21(36)31-16-4-3-14(17(11-16)24(25,26)27)12-35-9-6-15(7-10-35)32-23(37)38/h3-5,8,11,15,32H,6-7,9-10,12H2,1-2H3,(H,37,38)(H,28,29,33)(H2,30,31,34,36). The molecule has 1 aliphatic rings. The molecule has 1 fully saturated rings. The highest BCUT2D eigenvalue weighted by atomic mass is 32.1. The fraction of sp³-hybridized carbons (Fsp3) is 0.375. The first-order valence-corrected chi connectivity index (χ1v) is 12.8. The second-order valence-corrected chi connectivity index (χ2v) is 9.90. The Balaban J connectivity index is 1.42. The number of urea groups is 1. The summed E-state index contributed by atoms with van der Waals surface area (Å²) in [6, 6.07) is 4.44. The predicted octanol–water partition coefficient (Wildman–Crippen LogP) is 4.85. The van der Waals surface area contributed by atoms with Gasteiger partial charge in [0.1, 0.15) is 0 Å². The maximum atomic E-state index is 13.9. The van der Waals surface area contributed by atoms with Gasteiger partial charge in [-0.05, 0) is 43.5 Å². The number of likely N-dealkylation sites (tertiary alicyclic amines) is 1. The normalized spacial score (nSPS) is 14.6. The number of anilines is 3. The second kappa shape index (κ2) is 11.8. The minimum Gasteiger partial charge on any atom is -0.465 e. The average Bonchev–Trinajstić information content (AvgIpc) is 3.24. The van der Waals surface area contributed by atoms with Gasteiger partial charge in [0.15, 0.2) is 5.13 Å². The van der Waals surface area contributed by atoms with Gasteiger partial charge in [-0.15, -0.1) is 0 Å². The Morgan fingerprint density at radius 3 is 2.56 bits per heavy atom. The van der Waals surface area contributed by atoms with Gasteiger partial charge >= 0.3 is 18.3 Å². The van der Waals surface area contributed by atoms with E-state index in [0.29, 0.717) is 43.3 Å². The summed E-state index contributed by atoms with van der Waals surface area (Å²) in [5.74, 6) is 0.427. The van der Waals surface area contributed by atoms with Crippen LogP contribution in [-0.2, 0) is 12.7 Å². The van der Waals surface area contributed by atoms with Crippen molar-refractivity contribution in [3.8, 4) is 10.6 Å². The summed E-state index contributed by atoms with van der Waals surface area (Å²) in [5, 5.41) is 19.4. The van der Waals surface area contributed by atoms with E-state index in [4.69, 9.17) is 5.11 Å². The van der Waals surface area contributed by atoms with Crippen molar-refractivity contribution in [2.24, 2.45) is 0 Å². The lowest BCUT2D eigenvalue weighted by atomic mass is 10.0. The maximum Gasteiger partial charge on any atom is 0.416 e. The molecule has 0 bridgehead atoms. The lowest BCUT2D eigenvalue weighted by Gasteiger charge is -2.32. The first-order valence-electron chi connectivity index (χ1n) is 12.0. The van der Waals surface area contributed by atoms with E-state index in [9.17, 15) is 22.8 Å². The molecule has 3 amide bonds. The Bertz CT molecular complexity index is 1340. The number of nitrogens with one attached hydrogen (secondary N) is 4. The molecular formula is C24H27F3N8O3S. The first-order chi connectivity index (χ1) is 18.5. The summed E-state index contributed by atoms with van der Waals surface area (Å²) < 4.78 is 41.7. The molecule has 39 heavy (non-hydrogen) atoms. The van der Waals surface area contributed by atoms with Crippen LogP contribution in [0, 0.1) is 6.92 Å². The number of aromatic nitrogens is 3. The summed E-state index contributed by atoms with van der Waals surface area (Å²) in [6.45, 7) is 2.74. The number of rotatable bonds is 7. The number of nitrogens with zero attached hydrogens (tertiary/aromatic N) is 4. The van der Waals surface area contributed by atoms with Gasteiger partial charge in [0.2, 0.25) is 5.95 Å². The van der Waals surface area contributed by atoms with Gasteiger partial charge in [-0.2, -0.15) is 13.2 Å². The third-order valence-electron chi connectivity index (χ3n) is 6.11. The summed E-state index contributed by atoms with van der Waals surface area (Å²) >= 11 is 1.18. The van der Waals surface area contributed by atoms with Gasteiger partial charge in [0.05, 0.1) is 21.8 Å². The van der Waals surface area contributed by atoms with E-state index in [2.05, 4.69) is 36.2 Å². The first kappa shape index (κ1) is 28.0. The smallest absolute Gasteiger partial charge is 0.416 e. The number of hydrogen-bond donors (Lipinski definition) is 5. The zero-order valence-corrected chi connectivity index (χ0v) is 21.9. The van der Waals surface area contributed by atoms with Crippen LogP contribution in [0.3, 0.4) is 0 Å². The fourth-order valence-corrected chi connectivity index (χ4v) is 5.19. The van der Waals surface area contributed by atoms with Crippen molar-refractivity contribution < 1.29 is 27.9 Å². The van der Waals surface area contributed by atoms with Gasteiger partial charge in [0, 0.05) is 44.6 Å². The Morgan fingerprint density at radius 1 is 1.15 bits per heavy atom. The van der Waals surface area contributed by atoms with E-state index in [0.717, 1.165) is 10.9 Å². The van der Waals surface area contributed by atoms with E-state index >= 15 is 0 Å². The molecule has 1 saturated heterocycles. The Kier molecular flexibility index (Phi) is 8.50. The van der Waals surface area contributed by atoms with Crippen molar-refractivity contribution >= 4 is 40.2 Å². The molecule has 11 nitrogen and oxygen atoms in total. The molecule has 0 saturated carbocycles. The molecule has 208 valence electrons. The van der Waals surface area contributed by atoms with Crippen LogP contribution >= 0.6 is 11.3 Å². The number of carboxylic acid groups (broad SMARTS) is 1. The van der Waals surface area contributed by atoms with Gasteiger partial charge in [-0.1, -0.05) is 17.4 Å². The molecule has 0 aliphatic carbocycles. The van der Waals surface area contributed by atoms with Crippen molar-refractivity contribution in [3.05, 3.63) is 47.3 Å². The number of thiazole rings is 1. The summed E-state index contributed by atoms with van der Waals surface area (Å²) in [4.78, 5) is 38.7. The Labute approximate surface area is 225 Å². The molecule has 0 atom stereocenters. The van der Waals surface area contributed by atoms with Gasteiger partial charge in [0.25, 0.3) is 0 Å². The van der Waals surface area contributed by atoms with E-state index in [-0.39, 0.29) is 29.0 Å². The number of halogens is 3. The maximum absolute atomic E-state index is 13.9. The molecule has 3 heterocycles. The molecule has 3 aromatic rings. The average molecular weight is 565 g/mol. The van der Waals surface area contributed by atoms with E-state index < -0.39 is 23.9 Å². The zero-order chi connectivity index (χ0) is 28.2. The minimum atomic E-state index is -4.63. The highest BCUT2D eigenvalue weighted by Crippen LogP contribution is 2.35. The number of aryl methyl sites for hydroxylation is 1. The lowest BCUT2D eigenvalue weighted by molar-refractivity contribution is -0.138. The highest BCUT2D eigenvalue weighted by molar-refractivity contribution is 7.19. The molecular weight excluding hydrogens is 537 g/mol. The molecule has 4 rings (SSSR count). The molecule has 0 radical (unpaired) electrons. The van der Waals surface area contributed by atoms with Crippen LogP contribution in [0.15, 0.2) is 30.5 Å². The molecule has 5 N–H and O–H groups in total. The number of alkyl halides is 3. The quantitative estimate of drug-likeness (QED) is 0.274. The summed E-state index contributed by atoms with van der Waals surface area (Å²) in [6.07, 6.45) is -3.12. The lowest BCUT2D eigenvalue weighted by Crippen LogP contribution is -2.44. The van der Waals surface area contributed by atoms with Gasteiger partial charge in [-0.25, -0.2) is 24.5 Å². The zero-order valence-electron chi connectivity index (χ0n) is 21.1. The van der Waals surface area contributed by atoms with Gasteiger partial charge < -0.3 is 21.1 Å². The molecule has 15 heteroatoms. The molecule has 2 aromatic heterocycles. The topological polar surface area (TPSA) is 144 Å². The van der Waals surface area contributed by atoms with Crippen LogP contribution in [0.25, 0.3) is 10.6 Å². The van der Waals surface area contributed by atoms with E-state index in [1.54, 1.807) is 26.2 Å². The van der Waals surface area contributed by atoms with Crippen LogP contribution in [0.2, 0.25) is 0 Å². The SMILES string of the molecule is CNc1nccc(-c2sc(NC(=O)Nc3ccc(CN4CCC(NC(=O)O)CC4)c(C(F)(F)F)c3)nc2C)n1. The van der Waals surface area contributed by atoms with E-state index in [1.807, 2.05) is 4.90 Å². The van der Waals surface area contributed by atoms with E-state index in [1.165, 1.54) is 23.5 Å². The Hall–Kier alpha value is -3.98. The number of carbonyl (C=O) groups is 2. The van der Waals surface area contributed by atoms with Crippen molar-refractivity contribution in [2.75, 3.05) is 36.1 Å². The number of carbonyl (C=O) groups excluding carboxylic acids is 1. The summed E-state index contributed by atoms with van der Waals surface area (Å²) in [5.41, 5.74) is 0.454.